The summed E-state index contributed by atoms with van der Waals surface area (Å²) in [5, 5.41) is 3.80. The van der Waals surface area contributed by atoms with Crippen LogP contribution in [-0.4, -0.2) is 23.9 Å². The second-order valence-corrected chi connectivity index (χ2v) is 9.75. The highest BCUT2D eigenvalue weighted by molar-refractivity contribution is 7.12. The van der Waals surface area contributed by atoms with Crippen molar-refractivity contribution in [2.24, 2.45) is 5.92 Å². The molecule has 1 aromatic heterocycles. The Labute approximate surface area is 171 Å². The van der Waals surface area contributed by atoms with E-state index in [0.717, 1.165) is 37.9 Å². The fourth-order valence-electron chi connectivity index (χ4n) is 5.09. The van der Waals surface area contributed by atoms with Crippen LogP contribution in [0.4, 0.5) is 5.69 Å². The first kappa shape index (κ1) is 18.0. The van der Waals surface area contributed by atoms with E-state index in [1.165, 1.54) is 33.8 Å². The molecule has 1 N–H and O–H groups in total. The summed E-state index contributed by atoms with van der Waals surface area (Å²) in [6.45, 7) is 3.98. The Balaban J connectivity index is 1.45. The molecule has 2 aliphatic heterocycles. The zero-order valence-corrected chi connectivity index (χ0v) is 17.3. The summed E-state index contributed by atoms with van der Waals surface area (Å²) >= 11 is 1.90. The molecular weight excluding hydrogens is 364 g/mol. The molecule has 0 saturated carbocycles. The first-order chi connectivity index (χ1) is 13.7. The zero-order valence-electron chi connectivity index (χ0n) is 16.5. The van der Waals surface area contributed by atoms with Crippen molar-refractivity contribution < 1.29 is 4.79 Å². The van der Waals surface area contributed by atoms with Gasteiger partial charge in [-0.2, -0.15) is 0 Å². The molecule has 3 unspecified atom stereocenters. The van der Waals surface area contributed by atoms with E-state index in [9.17, 15) is 4.79 Å². The van der Waals surface area contributed by atoms with Crippen molar-refractivity contribution in [3.05, 3.63) is 63.4 Å². The summed E-state index contributed by atoms with van der Waals surface area (Å²) in [6, 6.07) is 11.2. The Kier molecular flexibility index (Phi) is 4.75. The molecule has 3 nitrogen and oxygen atoms in total. The van der Waals surface area contributed by atoms with Gasteiger partial charge in [0.15, 0.2) is 0 Å². The maximum Gasteiger partial charge on any atom is 0.253 e. The number of hydrogen-bond acceptors (Lipinski definition) is 3. The Hall–Kier alpha value is -2.07. The molecule has 3 heterocycles. The van der Waals surface area contributed by atoms with E-state index in [1.807, 2.05) is 17.4 Å². The van der Waals surface area contributed by atoms with Crippen molar-refractivity contribution in [3.63, 3.8) is 0 Å². The molecule has 2 aromatic rings. The lowest BCUT2D eigenvalue weighted by molar-refractivity contribution is 0.0761. The molecule has 1 aromatic carbocycles. The number of aryl methyl sites for hydroxylation is 1. The Morgan fingerprint density at radius 3 is 2.68 bits per heavy atom. The maximum absolute atomic E-state index is 13.1. The highest BCUT2D eigenvalue weighted by atomic mass is 32.1. The molecule has 1 saturated heterocycles. The third-order valence-corrected chi connectivity index (χ3v) is 7.65. The van der Waals surface area contributed by atoms with Gasteiger partial charge < -0.3 is 10.2 Å². The van der Waals surface area contributed by atoms with E-state index in [-0.39, 0.29) is 5.91 Å². The summed E-state index contributed by atoms with van der Waals surface area (Å²) < 4.78 is 0. The number of nitrogens with zero attached hydrogens (tertiary/aromatic N) is 1. The van der Waals surface area contributed by atoms with Crippen LogP contribution in [-0.2, 0) is 0 Å². The van der Waals surface area contributed by atoms with Gasteiger partial charge in [-0.3, -0.25) is 4.79 Å². The van der Waals surface area contributed by atoms with Crippen LogP contribution in [0.15, 0.2) is 42.5 Å². The number of rotatable bonds is 2. The van der Waals surface area contributed by atoms with Gasteiger partial charge in [0.25, 0.3) is 5.91 Å². The van der Waals surface area contributed by atoms with Crippen LogP contribution in [0, 0.1) is 12.8 Å². The minimum absolute atomic E-state index is 0.208. The summed E-state index contributed by atoms with van der Waals surface area (Å²) in [5.74, 6) is 1.15. The molecule has 1 aliphatic carbocycles. The SMILES string of the molecule is Cc1ccc(C2Nc3ccc(C(=O)N4CCCCCC4)cc3C3C=CCC32)s1. The first-order valence-corrected chi connectivity index (χ1v) is 11.4. The van der Waals surface area contributed by atoms with Gasteiger partial charge >= 0.3 is 0 Å². The molecule has 146 valence electrons. The number of amides is 1. The fraction of sp³-hybridized carbons (Fsp3) is 0.458. The van der Waals surface area contributed by atoms with Crippen molar-refractivity contribution in [2.75, 3.05) is 18.4 Å². The predicted octanol–water partition coefficient (Wildman–Crippen LogP) is 5.90. The number of benzene rings is 1. The van der Waals surface area contributed by atoms with E-state index in [2.05, 4.69) is 53.6 Å². The molecule has 0 radical (unpaired) electrons. The Morgan fingerprint density at radius 2 is 1.93 bits per heavy atom. The van der Waals surface area contributed by atoms with Crippen molar-refractivity contribution in [1.29, 1.82) is 0 Å². The van der Waals surface area contributed by atoms with E-state index in [1.54, 1.807) is 0 Å². The third kappa shape index (κ3) is 3.18. The van der Waals surface area contributed by atoms with Gasteiger partial charge in [0.05, 0.1) is 6.04 Å². The maximum atomic E-state index is 13.1. The molecule has 3 aliphatic rings. The summed E-state index contributed by atoms with van der Waals surface area (Å²) in [6.07, 6.45) is 10.5. The van der Waals surface area contributed by atoms with Crippen LogP contribution in [0.3, 0.4) is 0 Å². The van der Waals surface area contributed by atoms with E-state index in [4.69, 9.17) is 0 Å². The second kappa shape index (κ2) is 7.40. The molecule has 3 atom stereocenters. The lowest BCUT2D eigenvalue weighted by Gasteiger charge is -2.37. The smallest absolute Gasteiger partial charge is 0.253 e. The van der Waals surface area contributed by atoms with E-state index in [0.29, 0.717) is 17.9 Å². The van der Waals surface area contributed by atoms with Gasteiger partial charge in [0, 0.05) is 40.0 Å². The van der Waals surface area contributed by atoms with E-state index < -0.39 is 0 Å². The number of carbonyl (C=O) groups is 1. The molecule has 1 fully saturated rings. The van der Waals surface area contributed by atoms with Crippen LogP contribution in [0.1, 0.15) is 69.7 Å². The normalized spacial score (nSPS) is 26.3. The van der Waals surface area contributed by atoms with Crippen molar-refractivity contribution in [1.82, 2.24) is 4.90 Å². The molecule has 0 bridgehead atoms. The molecule has 5 rings (SSSR count). The molecule has 0 spiro atoms. The topological polar surface area (TPSA) is 32.3 Å². The second-order valence-electron chi connectivity index (χ2n) is 8.43. The van der Waals surface area contributed by atoms with Crippen molar-refractivity contribution >= 4 is 22.9 Å². The summed E-state index contributed by atoms with van der Waals surface area (Å²) in [5.41, 5.74) is 3.34. The fourth-order valence-corrected chi connectivity index (χ4v) is 6.09. The highest BCUT2D eigenvalue weighted by Gasteiger charge is 2.38. The van der Waals surface area contributed by atoms with Gasteiger partial charge in [-0.15, -0.1) is 11.3 Å². The zero-order chi connectivity index (χ0) is 19.1. The minimum atomic E-state index is 0.208. The van der Waals surface area contributed by atoms with Crippen molar-refractivity contribution in [2.45, 2.75) is 51.0 Å². The van der Waals surface area contributed by atoms with Crippen molar-refractivity contribution in [3.8, 4) is 0 Å². The van der Waals surface area contributed by atoms with Crippen LogP contribution < -0.4 is 5.32 Å². The molecule has 28 heavy (non-hydrogen) atoms. The van der Waals surface area contributed by atoms with Gasteiger partial charge in [0.2, 0.25) is 0 Å². The molecular formula is C24H28N2OS. The summed E-state index contributed by atoms with van der Waals surface area (Å²) in [7, 11) is 0. The largest absolute Gasteiger partial charge is 0.377 e. The lowest BCUT2D eigenvalue weighted by atomic mass is 9.78. The Bertz CT molecular complexity index is 907. The average molecular weight is 393 g/mol. The predicted molar refractivity (Wildman–Crippen MR) is 116 cm³/mol. The monoisotopic (exact) mass is 392 g/mol. The summed E-state index contributed by atoms with van der Waals surface area (Å²) in [4.78, 5) is 18.0. The van der Waals surface area contributed by atoms with Crippen LogP contribution >= 0.6 is 11.3 Å². The lowest BCUT2D eigenvalue weighted by Crippen LogP contribution is -2.32. The number of hydrogen-bond donors (Lipinski definition) is 1. The Morgan fingerprint density at radius 1 is 1.11 bits per heavy atom. The quantitative estimate of drug-likeness (QED) is 0.645. The van der Waals surface area contributed by atoms with Crippen LogP contribution in [0.5, 0.6) is 0 Å². The number of nitrogens with one attached hydrogen (secondary N) is 1. The van der Waals surface area contributed by atoms with Crippen LogP contribution in [0.25, 0.3) is 0 Å². The van der Waals surface area contributed by atoms with Gasteiger partial charge in [-0.05, 0) is 68.0 Å². The van der Waals surface area contributed by atoms with Gasteiger partial charge in [0.1, 0.15) is 0 Å². The highest BCUT2D eigenvalue weighted by Crippen LogP contribution is 2.50. The van der Waals surface area contributed by atoms with E-state index >= 15 is 0 Å². The number of allylic oxidation sites excluding steroid dienone is 2. The number of likely N-dealkylation sites (tertiary alicyclic amines) is 1. The number of thiophene rings is 1. The van der Waals surface area contributed by atoms with Gasteiger partial charge in [-0.25, -0.2) is 0 Å². The number of anilines is 1. The number of carbonyl (C=O) groups excluding carboxylic acids is 1. The first-order valence-electron chi connectivity index (χ1n) is 10.6. The molecule has 4 heteroatoms. The number of fused-ring (bicyclic) bond motifs is 3. The van der Waals surface area contributed by atoms with Crippen LogP contribution in [0.2, 0.25) is 0 Å². The standard InChI is InChI=1S/C24H28N2OS/c1-16-9-12-22(28-16)23-19-8-6-7-18(19)20-15-17(10-11-21(20)25-23)24(27)26-13-4-2-3-5-14-26/h6-7,9-12,15,18-19,23,25H,2-5,8,13-14H2,1H3. The minimum Gasteiger partial charge on any atom is -0.377 e. The van der Waals surface area contributed by atoms with Gasteiger partial charge in [-0.1, -0.05) is 25.0 Å². The molecule has 1 amide bonds. The third-order valence-electron chi connectivity index (χ3n) is 6.57. The average Bonchev–Trinajstić information content (AvgIpc) is 3.29.